The molecule has 9 heteroatoms. The van der Waals surface area contributed by atoms with Crippen LogP contribution in [0.3, 0.4) is 0 Å². The van der Waals surface area contributed by atoms with Crippen LogP contribution in [0.1, 0.15) is 31.2 Å². The monoisotopic (exact) mass is 462 g/mol. The number of hydrogen-bond donors (Lipinski definition) is 0. The first kappa shape index (κ1) is 22.0. The van der Waals surface area contributed by atoms with Gasteiger partial charge in [-0.2, -0.15) is 10.1 Å². The van der Waals surface area contributed by atoms with Crippen molar-refractivity contribution in [2.24, 2.45) is 0 Å². The summed E-state index contributed by atoms with van der Waals surface area (Å²) in [6.07, 6.45) is -0.0922. The van der Waals surface area contributed by atoms with Gasteiger partial charge in [0, 0.05) is 5.56 Å². The van der Waals surface area contributed by atoms with Crippen molar-refractivity contribution in [3.05, 3.63) is 59.8 Å². The molecule has 1 aliphatic rings. The van der Waals surface area contributed by atoms with E-state index in [0.717, 1.165) is 22.6 Å². The van der Waals surface area contributed by atoms with Crippen LogP contribution < -0.4 is 14.2 Å². The topological polar surface area (TPSA) is 93.7 Å². The number of benzene rings is 2. The SMILES string of the molecule is CCOc1ccc(C2Cn3nc(-c4nc(-c5ccc(OC)c(OCC)c5)no4)cc3CO2)cc1. The highest BCUT2D eigenvalue weighted by atomic mass is 16.5. The van der Waals surface area contributed by atoms with Crippen LogP contribution in [0.15, 0.2) is 53.1 Å². The molecule has 176 valence electrons. The first-order valence-electron chi connectivity index (χ1n) is 11.2. The predicted octanol–water partition coefficient (Wildman–Crippen LogP) is 4.68. The minimum atomic E-state index is -0.0922. The maximum atomic E-state index is 6.08. The fraction of sp³-hybridized carbons (Fsp3) is 0.320. The summed E-state index contributed by atoms with van der Waals surface area (Å²) >= 11 is 0. The number of fused-ring (bicyclic) bond motifs is 1. The first-order valence-corrected chi connectivity index (χ1v) is 11.2. The van der Waals surface area contributed by atoms with Crippen LogP contribution in [-0.2, 0) is 17.9 Å². The second-order valence-electron chi connectivity index (χ2n) is 7.73. The maximum absolute atomic E-state index is 6.08. The molecule has 4 aromatic rings. The van der Waals surface area contributed by atoms with Crippen molar-refractivity contribution in [3.63, 3.8) is 0 Å². The molecule has 0 amide bonds. The molecule has 0 spiro atoms. The maximum Gasteiger partial charge on any atom is 0.278 e. The molecule has 0 radical (unpaired) electrons. The molecular weight excluding hydrogens is 436 g/mol. The third-order valence-electron chi connectivity index (χ3n) is 5.56. The summed E-state index contributed by atoms with van der Waals surface area (Å²) < 4.78 is 30.1. The Labute approximate surface area is 197 Å². The summed E-state index contributed by atoms with van der Waals surface area (Å²) in [5.41, 5.74) is 3.42. The fourth-order valence-corrected chi connectivity index (χ4v) is 3.91. The Morgan fingerprint density at radius 1 is 1.00 bits per heavy atom. The summed E-state index contributed by atoms with van der Waals surface area (Å²) in [7, 11) is 1.61. The summed E-state index contributed by atoms with van der Waals surface area (Å²) in [4.78, 5) is 4.55. The van der Waals surface area contributed by atoms with E-state index in [-0.39, 0.29) is 6.10 Å². The van der Waals surface area contributed by atoms with Gasteiger partial charge >= 0.3 is 0 Å². The third kappa shape index (κ3) is 4.34. The van der Waals surface area contributed by atoms with Crippen molar-refractivity contribution in [3.8, 4) is 40.2 Å². The Bertz CT molecular complexity index is 1260. The lowest BCUT2D eigenvalue weighted by atomic mass is 10.1. The van der Waals surface area contributed by atoms with Gasteiger partial charge in [-0.15, -0.1) is 0 Å². The van der Waals surface area contributed by atoms with Gasteiger partial charge in [0.2, 0.25) is 5.82 Å². The number of rotatable bonds is 8. The van der Waals surface area contributed by atoms with Crippen LogP contribution in [0.2, 0.25) is 0 Å². The highest BCUT2D eigenvalue weighted by molar-refractivity contribution is 5.62. The molecule has 9 nitrogen and oxygen atoms in total. The van der Waals surface area contributed by atoms with Gasteiger partial charge in [0.25, 0.3) is 5.89 Å². The molecule has 0 N–H and O–H groups in total. The minimum Gasteiger partial charge on any atom is -0.494 e. The van der Waals surface area contributed by atoms with Crippen molar-refractivity contribution in [1.29, 1.82) is 0 Å². The zero-order valence-electron chi connectivity index (χ0n) is 19.4. The molecule has 0 fully saturated rings. The van der Waals surface area contributed by atoms with E-state index in [0.29, 0.717) is 55.3 Å². The smallest absolute Gasteiger partial charge is 0.278 e. The van der Waals surface area contributed by atoms with Crippen molar-refractivity contribution < 1.29 is 23.5 Å². The van der Waals surface area contributed by atoms with E-state index in [1.807, 2.05) is 67.1 Å². The molecule has 5 rings (SSSR count). The number of methoxy groups -OCH3 is 1. The van der Waals surface area contributed by atoms with Gasteiger partial charge in [-0.1, -0.05) is 17.3 Å². The lowest BCUT2D eigenvalue weighted by molar-refractivity contribution is -0.00115. The number of hydrogen-bond acceptors (Lipinski definition) is 8. The quantitative estimate of drug-likeness (QED) is 0.373. The molecule has 0 saturated heterocycles. The molecule has 3 heterocycles. The molecule has 0 aliphatic carbocycles. The second kappa shape index (κ2) is 9.56. The van der Waals surface area contributed by atoms with Crippen molar-refractivity contribution in [2.75, 3.05) is 20.3 Å². The van der Waals surface area contributed by atoms with Gasteiger partial charge in [-0.05, 0) is 55.8 Å². The number of nitrogens with zero attached hydrogens (tertiary/aromatic N) is 4. The van der Waals surface area contributed by atoms with Gasteiger partial charge in [0.15, 0.2) is 17.2 Å². The van der Waals surface area contributed by atoms with Crippen molar-refractivity contribution >= 4 is 0 Å². The van der Waals surface area contributed by atoms with Gasteiger partial charge < -0.3 is 23.5 Å². The van der Waals surface area contributed by atoms with E-state index < -0.39 is 0 Å². The van der Waals surface area contributed by atoms with Gasteiger partial charge in [0.05, 0.1) is 39.2 Å². The van der Waals surface area contributed by atoms with Crippen LogP contribution in [0.25, 0.3) is 23.0 Å². The van der Waals surface area contributed by atoms with E-state index in [9.17, 15) is 0 Å². The Morgan fingerprint density at radius 2 is 1.82 bits per heavy atom. The first-order chi connectivity index (χ1) is 16.7. The highest BCUT2D eigenvalue weighted by Gasteiger charge is 2.24. The molecule has 0 bridgehead atoms. The van der Waals surface area contributed by atoms with E-state index >= 15 is 0 Å². The summed E-state index contributed by atoms with van der Waals surface area (Å²) in [6, 6.07) is 15.4. The average Bonchev–Trinajstić information content (AvgIpc) is 3.52. The van der Waals surface area contributed by atoms with E-state index in [4.69, 9.17) is 28.6 Å². The predicted molar refractivity (Wildman–Crippen MR) is 124 cm³/mol. The highest BCUT2D eigenvalue weighted by Crippen LogP contribution is 2.33. The van der Waals surface area contributed by atoms with Gasteiger partial charge in [-0.3, -0.25) is 4.68 Å². The second-order valence-corrected chi connectivity index (χ2v) is 7.73. The van der Waals surface area contributed by atoms with E-state index in [1.54, 1.807) is 7.11 Å². The average molecular weight is 463 g/mol. The fourth-order valence-electron chi connectivity index (χ4n) is 3.91. The Balaban J connectivity index is 1.34. The third-order valence-corrected chi connectivity index (χ3v) is 5.56. The Kier molecular flexibility index (Phi) is 6.18. The van der Waals surface area contributed by atoms with Crippen LogP contribution >= 0.6 is 0 Å². The largest absolute Gasteiger partial charge is 0.494 e. The Morgan fingerprint density at radius 3 is 2.59 bits per heavy atom. The molecular formula is C25H26N4O5. The number of aromatic nitrogens is 4. The summed E-state index contributed by atoms with van der Waals surface area (Å²) in [5.74, 6) is 2.93. The molecule has 1 unspecified atom stereocenters. The zero-order valence-corrected chi connectivity index (χ0v) is 19.4. The van der Waals surface area contributed by atoms with Gasteiger partial charge in [0.1, 0.15) is 11.9 Å². The lowest BCUT2D eigenvalue weighted by Crippen LogP contribution is -2.21. The minimum absolute atomic E-state index is 0.0922. The standard InChI is InChI=1S/C25H26N4O5/c1-4-31-19-9-6-16(7-10-19)23-14-29-18(15-33-23)13-20(27-29)25-26-24(28-34-25)17-8-11-21(30-3)22(12-17)32-5-2/h6-13,23H,4-5,14-15H2,1-3H3. The lowest BCUT2D eigenvalue weighted by Gasteiger charge is -2.24. The van der Waals surface area contributed by atoms with Crippen LogP contribution in [-0.4, -0.2) is 40.2 Å². The molecule has 1 atom stereocenters. The van der Waals surface area contributed by atoms with Crippen LogP contribution in [0.5, 0.6) is 17.2 Å². The molecule has 2 aromatic carbocycles. The zero-order chi connectivity index (χ0) is 23.5. The van der Waals surface area contributed by atoms with E-state index in [1.165, 1.54) is 0 Å². The van der Waals surface area contributed by atoms with Gasteiger partial charge in [-0.25, -0.2) is 0 Å². The van der Waals surface area contributed by atoms with Crippen LogP contribution in [0.4, 0.5) is 0 Å². The van der Waals surface area contributed by atoms with Crippen molar-refractivity contribution in [1.82, 2.24) is 19.9 Å². The summed E-state index contributed by atoms with van der Waals surface area (Å²) in [5, 5.41) is 8.83. The normalized spacial score (nSPS) is 15.1. The molecule has 1 aliphatic heterocycles. The van der Waals surface area contributed by atoms with Crippen molar-refractivity contribution in [2.45, 2.75) is 33.1 Å². The number of ether oxygens (including phenoxy) is 4. The summed E-state index contributed by atoms with van der Waals surface area (Å²) in [6.45, 7) is 6.10. The van der Waals surface area contributed by atoms with Crippen LogP contribution in [0, 0.1) is 0 Å². The molecule has 2 aromatic heterocycles. The van der Waals surface area contributed by atoms with E-state index in [2.05, 4.69) is 10.1 Å². The molecule has 0 saturated carbocycles. The Hall–Kier alpha value is -3.85. The molecule has 34 heavy (non-hydrogen) atoms.